The molecule has 40 heavy (non-hydrogen) atoms. The van der Waals surface area contributed by atoms with Crippen LogP contribution in [0.15, 0.2) is 40.1 Å². The topological polar surface area (TPSA) is 115 Å². The van der Waals surface area contributed by atoms with Gasteiger partial charge in [-0.2, -0.15) is 17.7 Å². The van der Waals surface area contributed by atoms with E-state index >= 15 is 0 Å². The minimum absolute atomic E-state index is 0.0329. The largest absolute Gasteiger partial charge is 0.497 e. The molecule has 0 amide bonds. The summed E-state index contributed by atoms with van der Waals surface area (Å²) in [5, 5.41) is 0. The molecule has 1 fully saturated rings. The second kappa shape index (κ2) is 12.1. The zero-order valence-corrected chi connectivity index (χ0v) is 22.5. The number of esters is 1. The van der Waals surface area contributed by atoms with Crippen molar-refractivity contribution in [3.8, 4) is 17.6 Å². The number of carbonyl (C=O) groups is 2. The number of alkyl halides is 3. The number of aromatic nitrogens is 2. The lowest BCUT2D eigenvalue weighted by Gasteiger charge is -2.19. The van der Waals surface area contributed by atoms with Crippen LogP contribution in [0.25, 0.3) is 0 Å². The molecule has 1 aromatic heterocycles. The molecule has 0 spiro atoms. The van der Waals surface area contributed by atoms with E-state index in [4.69, 9.17) is 14.2 Å². The van der Waals surface area contributed by atoms with Gasteiger partial charge in [-0.1, -0.05) is 11.8 Å². The summed E-state index contributed by atoms with van der Waals surface area (Å²) in [7, 11) is 1.44. The van der Waals surface area contributed by atoms with Crippen molar-refractivity contribution in [3.05, 3.63) is 62.4 Å². The van der Waals surface area contributed by atoms with Crippen LogP contribution in [0, 0.1) is 24.2 Å². The SMILES string of the molecule is COc1ccc(C(=O)n2c(=O)c(C)cn([C@H]3C[C@H](OCC#CC(C)(C)C)[C@@H](COC(=O)C(F)(F)F)O3)c2=O)cc1. The van der Waals surface area contributed by atoms with Crippen molar-refractivity contribution in [1.29, 1.82) is 0 Å². The molecule has 1 saturated heterocycles. The Labute approximate surface area is 227 Å². The first-order valence-electron chi connectivity index (χ1n) is 12.2. The molecule has 1 aromatic carbocycles. The maximum atomic E-state index is 13.4. The average Bonchev–Trinajstić information content (AvgIpc) is 3.28. The predicted molar refractivity (Wildman–Crippen MR) is 135 cm³/mol. The van der Waals surface area contributed by atoms with E-state index in [2.05, 4.69) is 16.6 Å². The second-order valence-electron chi connectivity index (χ2n) is 10.0. The summed E-state index contributed by atoms with van der Waals surface area (Å²) >= 11 is 0. The molecule has 0 saturated carbocycles. The second-order valence-corrected chi connectivity index (χ2v) is 10.0. The number of benzene rings is 1. The molecule has 0 N–H and O–H groups in total. The molecule has 13 heteroatoms. The van der Waals surface area contributed by atoms with Crippen LogP contribution in [0.2, 0.25) is 0 Å². The average molecular weight is 567 g/mol. The van der Waals surface area contributed by atoms with Crippen LogP contribution in [-0.4, -0.2) is 59.7 Å². The minimum Gasteiger partial charge on any atom is -0.497 e. The number of hydrogen-bond donors (Lipinski definition) is 0. The number of ether oxygens (including phenoxy) is 4. The Morgan fingerprint density at radius 3 is 2.35 bits per heavy atom. The van der Waals surface area contributed by atoms with Gasteiger partial charge in [-0.25, -0.2) is 9.59 Å². The fourth-order valence-corrected chi connectivity index (χ4v) is 3.83. The summed E-state index contributed by atoms with van der Waals surface area (Å²) in [6, 6.07) is 5.76. The highest BCUT2D eigenvalue weighted by Crippen LogP contribution is 2.31. The molecule has 216 valence electrons. The van der Waals surface area contributed by atoms with Crippen LogP contribution in [-0.2, 0) is 19.0 Å². The fraction of sp³-hybridized carbons (Fsp3) is 0.481. The molecule has 0 radical (unpaired) electrons. The molecule has 3 atom stereocenters. The van der Waals surface area contributed by atoms with Gasteiger partial charge in [0.05, 0.1) is 13.2 Å². The Morgan fingerprint density at radius 2 is 1.77 bits per heavy atom. The van der Waals surface area contributed by atoms with E-state index in [0.717, 1.165) is 4.57 Å². The third-order valence-corrected chi connectivity index (χ3v) is 5.76. The van der Waals surface area contributed by atoms with Crippen molar-refractivity contribution in [2.75, 3.05) is 20.3 Å². The van der Waals surface area contributed by atoms with Gasteiger partial charge in [0.25, 0.3) is 11.5 Å². The number of carbonyl (C=O) groups excluding carboxylic acids is 2. The lowest BCUT2D eigenvalue weighted by molar-refractivity contribution is -0.204. The number of nitrogens with zero attached hydrogens (tertiary/aromatic N) is 2. The Kier molecular flexibility index (Phi) is 9.27. The first-order chi connectivity index (χ1) is 18.6. The molecule has 1 aliphatic rings. The molecule has 2 heterocycles. The highest BCUT2D eigenvalue weighted by Gasteiger charge is 2.44. The summed E-state index contributed by atoms with van der Waals surface area (Å²) in [5.41, 5.74) is -2.12. The summed E-state index contributed by atoms with van der Waals surface area (Å²) in [6.45, 7) is 6.11. The van der Waals surface area contributed by atoms with Gasteiger partial charge in [-0.15, -0.1) is 0 Å². The zero-order valence-electron chi connectivity index (χ0n) is 22.5. The summed E-state index contributed by atoms with van der Waals surface area (Å²) in [5.74, 6) is 2.92. The number of rotatable bonds is 7. The van der Waals surface area contributed by atoms with Gasteiger partial charge in [0.2, 0.25) is 0 Å². The van der Waals surface area contributed by atoms with Crippen LogP contribution < -0.4 is 16.0 Å². The molecular weight excluding hydrogens is 537 g/mol. The number of methoxy groups -OCH3 is 1. The molecule has 2 aromatic rings. The van der Waals surface area contributed by atoms with Crippen molar-refractivity contribution >= 4 is 11.9 Å². The fourth-order valence-electron chi connectivity index (χ4n) is 3.83. The predicted octanol–water partition coefficient (Wildman–Crippen LogP) is 2.84. The van der Waals surface area contributed by atoms with Gasteiger partial charge in [0.1, 0.15) is 31.3 Å². The Hall–Kier alpha value is -3.89. The first-order valence-corrected chi connectivity index (χ1v) is 12.2. The van der Waals surface area contributed by atoms with E-state index in [9.17, 15) is 32.3 Å². The quantitative estimate of drug-likeness (QED) is 0.371. The lowest BCUT2D eigenvalue weighted by Crippen LogP contribution is -2.45. The van der Waals surface area contributed by atoms with Gasteiger partial charge in [-0.05, 0) is 52.0 Å². The Morgan fingerprint density at radius 1 is 1.12 bits per heavy atom. The van der Waals surface area contributed by atoms with Crippen molar-refractivity contribution in [3.63, 3.8) is 0 Å². The molecule has 0 aliphatic carbocycles. The summed E-state index contributed by atoms with van der Waals surface area (Å²) in [6.07, 6.45) is -7.37. The van der Waals surface area contributed by atoms with Gasteiger partial charge in [0.15, 0.2) is 0 Å². The van der Waals surface area contributed by atoms with Crippen molar-refractivity contribution in [1.82, 2.24) is 9.13 Å². The standard InChI is InChI=1S/C27H29F3N2O8/c1-16-14-31(25(36)32(22(16)33)23(34)17-7-9-18(37-5)10-8-17)21-13-19(38-12-6-11-26(2,3)4)20(40-21)15-39-24(35)27(28,29)30/h7-10,14,19-21H,12-13,15H2,1-5H3/t19-,20+,21+/m0/s1. The highest BCUT2D eigenvalue weighted by molar-refractivity contribution is 5.95. The molecule has 1 aliphatic heterocycles. The molecule has 3 rings (SSSR count). The van der Waals surface area contributed by atoms with Gasteiger partial charge < -0.3 is 18.9 Å². The van der Waals surface area contributed by atoms with Crippen molar-refractivity contribution < 1.29 is 41.7 Å². The van der Waals surface area contributed by atoms with E-state index in [-0.39, 0.29) is 29.6 Å². The third-order valence-electron chi connectivity index (χ3n) is 5.76. The van der Waals surface area contributed by atoms with Crippen LogP contribution in [0.4, 0.5) is 13.2 Å². The van der Waals surface area contributed by atoms with E-state index < -0.39 is 54.3 Å². The van der Waals surface area contributed by atoms with Crippen LogP contribution in [0.5, 0.6) is 5.75 Å². The Bertz CT molecular complexity index is 1430. The van der Waals surface area contributed by atoms with Gasteiger partial charge in [0, 0.05) is 29.2 Å². The maximum Gasteiger partial charge on any atom is 0.490 e. The molecule has 0 bridgehead atoms. The van der Waals surface area contributed by atoms with Crippen LogP contribution in [0.3, 0.4) is 0 Å². The lowest BCUT2D eigenvalue weighted by atomic mass is 9.98. The minimum atomic E-state index is -5.21. The monoisotopic (exact) mass is 566 g/mol. The smallest absolute Gasteiger partial charge is 0.490 e. The highest BCUT2D eigenvalue weighted by atomic mass is 19.4. The van der Waals surface area contributed by atoms with Gasteiger partial charge in [-0.3, -0.25) is 14.2 Å². The molecular formula is C27H29F3N2O8. The number of aryl methyl sites for hydroxylation is 1. The molecule has 10 nitrogen and oxygen atoms in total. The van der Waals surface area contributed by atoms with E-state index in [1.54, 1.807) is 0 Å². The summed E-state index contributed by atoms with van der Waals surface area (Å²) < 4.78 is 60.4. The Balaban J connectivity index is 1.92. The van der Waals surface area contributed by atoms with E-state index in [1.165, 1.54) is 44.5 Å². The maximum absolute atomic E-state index is 13.4. The van der Waals surface area contributed by atoms with E-state index in [0.29, 0.717) is 10.3 Å². The van der Waals surface area contributed by atoms with Crippen molar-refractivity contribution in [2.45, 2.75) is 58.7 Å². The summed E-state index contributed by atoms with van der Waals surface area (Å²) in [4.78, 5) is 50.6. The normalized spacial score (nSPS) is 19.1. The molecule has 0 unspecified atom stereocenters. The zero-order chi connectivity index (χ0) is 29.8. The number of hydrogen-bond acceptors (Lipinski definition) is 8. The van der Waals surface area contributed by atoms with Crippen LogP contribution >= 0.6 is 0 Å². The first kappa shape index (κ1) is 30.6. The van der Waals surface area contributed by atoms with E-state index in [1.807, 2.05) is 20.8 Å². The van der Waals surface area contributed by atoms with Crippen LogP contribution in [0.1, 0.15) is 49.3 Å². The third kappa shape index (κ3) is 7.40. The number of halogens is 3. The van der Waals surface area contributed by atoms with Gasteiger partial charge >= 0.3 is 17.8 Å². The van der Waals surface area contributed by atoms with Crippen molar-refractivity contribution in [2.24, 2.45) is 5.41 Å².